The molecule has 0 rings (SSSR count). The molecule has 0 saturated carbocycles. The Labute approximate surface area is 275 Å². The molecule has 1 unspecified atom stereocenters. The van der Waals surface area contributed by atoms with Crippen molar-refractivity contribution in [3.8, 4) is 0 Å². The van der Waals surface area contributed by atoms with Gasteiger partial charge in [0.2, 0.25) is 0 Å². The molecular formula is C35H68NO8P. The first kappa shape index (κ1) is 43.8. The van der Waals surface area contributed by atoms with E-state index in [0.717, 1.165) is 44.9 Å². The smallest absolute Gasteiger partial charge is 0.462 e. The molecule has 0 aromatic rings. The standard InChI is InChI=1S/C35H68NO8P/c1-3-5-7-9-11-13-14-15-16-17-18-20-21-23-25-27-34(37)41-31-33(32-43-45(39,40)42-30-29-36)44-35(38)28-26-24-22-19-12-10-8-6-4-2/h3,33H,1,4-32,36H2,2H3,(H,39,40)/t33-/m0/s1. The summed E-state index contributed by atoms with van der Waals surface area (Å²) in [6, 6.07) is 0. The molecule has 45 heavy (non-hydrogen) atoms. The van der Waals surface area contributed by atoms with Crippen molar-refractivity contribution in [2.45, 2.75) is 174 Å². The molecule has 0 aliphatic heterocycles. The number of nitrogens with two attached hydrogens (primary N) is 1. The van der Waals surface area contributed by atoms with Gasteiger partial charge in [0.15, 0.2) is 6.10 Å². The fourth-order valence-corrected chi connectivity index (χ4v) is 5.85. The van der Waals surface area contributed by atoms with E-state index in [2.05, 4.69) is 13.5 Å². The van der Waals surface area contributed by atoms with Crippen molar-refractivity contribution in [3.63, 3.8) is 0 Å². The van der Waals surface area contributed by atoms with Crippen LogP contribution in [0.1, 0.15) is 167 Å². The summed E-state index contributed by atoms with van der Waals surface area (Å²) in [5.74, 6) is -0.830. The number of phosphoric acid groups is 1. The Morgan fingerprint density at radius 2 is 1.13 bits per heavy atom. The summed E-state index contributed by atoms with van der Waals surface area (Å²) in [5.41, 5.74) is 5.32. The molecule has 3 N–H and O–H groups in total. The number of ether oxygens (including phenoxy) is 2. The highest BCUT2D eigenvalue weighted by atomic mass is 31.2. The summed E-state index contributed by atoms with van der Waals surface area (Å²) in [5, 5.41) is 0. The molecule has 0 aromatic heterocycles. The van der Waals surface area contributed by atoms with Gasteiger partial charge in [-0.25, -0.2) is 4.57 Å². The van der Waals surface area contributed by atoms with Crippen LogP contribution in [0.15, 0.2) is 12.7 Å². The average molecular weight is 662 g/mol. The summed E-state index contributed by atoms with van der Waals surface area (Å²) >= 11 is 0. The maximum Gasteiger partial charge on any atom is 0.472 e. The SMILES string of the molecule is C=CCCCCCCCCCCCCCCCC(=O)OC[C@@H](COP(=O)(O)OCCN)OC(=O)CCCCCCCCCCC. The van der Waals surface area contributed by atoms with E-state index in [1.165, 1.54) is 96.3 Å². The molecule has 0 saturated heterocycles. The Bertz CT molecular complexity index is 751. The number of hydrogen-bond donors (Lipinski definition) is 2. The minimum absolute atomic E-state index is 0.0554. The molecule has 0 fully saturated rings. The van der Waals surface area contributed by atoms with Gasteiger partial charge in [-0.15, -0.1) is 6.58 Å². The Hall–Kier alpha value is -1.25. The van der Waals surface area contributed by atoms with Crippen molar-refractivity contribution in [1.82, 2.24) is 0 Å². The molecule has 0 amide bonds. The molecule has 0 spiro atoms. The van der Waals surface area contributed by atoms with E-state index >= 15 is 0 Å². The number of carbonyl (C=O) groups is 2. The lowest BCUT2D eigenvalue weighted by Crippen LogP contribution is -2.29. The van der Waals surface area contributed by atoms with Gasteiger partial charge in [-0.3, -0.25) is 18.6 Å². The summed E-state index contributed by atoms with van der Waals surface area (Å²) in [7, 11) is -4.36. The first-order valence-electron chi connectivity index (χ1n) is 18.1. The van der Waals surface area contributed by atoms with Crippen LogP contribution in [0.3, 0.4) is 0 Å². The normalized spacial score (nSPS) is 13.3. The van der Waals surface area contributed by atoms with Crippen LogP contribution in [0.2, 0.25) is 0 Å². The minimum Gasteiger partial charge on any atom is -0.462 e. The van der Waals surface area contributed by atoms with Crippen molar-refractivity contribution in [2.75, 3.05) is 26.4 Å². The second kappa shape index (κ2) is 32.7. The van der Waals surface area contributed by atoms with Gasteiger partial charge < -0.3 is 20.1 Å². The van der Waals surface area contributed by atoms with Gasteiger partial charge in [-0.05, 0) is 25.7 Å². The number of carbonyl (C=O) groups excluding carboxylic acids is 2. The first-order chi connectivity index (χ1) is 21.8. The third-order valence-electron chi connectivity index (χ3n) is 7.80. The molecule has 0 aromatic carbocycles. The number of esters is 2. The van der Waals surface area contributed by atoms with E-state index in [1.807, 2.05) is 6.08 Å². The van der Waals surface area contributed by atoms with Crippen molar-refractivity contribution in [1.29, 1.82) is 0 Å². The number of hydrogen-bond acceptors (Lipinski definition) is 8. The Balaban J connectivity index is 4.16. The van der Waals surface area contributed by atoms with Crippen molar-refractivity contribution in [3.05, 3.63) is 12.7 Å². The molecule has 0 heterocycles. The van der Waals surface area contributed by atoms with Crippen molar-refractivity contribution >= 4 is 19.8 Å². The molecule has 0 aliphatic rings. The Morgan fingerprint density at radius 3 is 1.60 bits per heavy atom. The summed E-state index contributed by atoms with van der Waals surface area (Å²) in [6.07, 6.45) is 28.6. The zero-order chi connectivity index (χ0) is 33.3. The third-order valence-corrected chi connectivity index (χ3v) is 8.78. The van der Waals surface area contributed by atoms with Gasteiger partial charge in [0.05, 0.1) is 13.2 Å². The number of allylic oxidation sites excluding steroid dienone is 1. The van der Waals surface area contributed by atoms with Crippen LogP contribution >= 0.6 is 7.82 Å². The maximum absolute atomic E-state index is 12.4. The molecule has 9 nitrogen and oxygen atoms in total. The maximum atomic E-state index is 12.4. The summed E-state index contributed by atoms with van der Waals surface area (Å²) in [4.78, 5) is 34.5. The van der Waals surface area contributed by atoms with Gasteiger partial charge >= 0.3 is 19.8 Å². The monoisotopic (exact) mass is 661 g/mol. The second-order valence-corrected chi connectivity index (χ2v) is 13.6. The zero-order valence-corrected chi connectivity index (χ0v) is 29.6. The molecular weight excluding hydrogens is 593 g/mol. The number of rotatable bonds is 35. The van der Waals surface area contributed by atoms with Crippen LogP contribution in [-0.4, -0.2) is 49.3 Å². The Morgan fingerprint density at radius 1 is 0.689 bits per heavy atom. The minimum atomic E-state index is -4.36. The topological polar surface area (TPSA) is 134 Å². The molecule has 0 radical (unpaired) electrons. The van der Waals surface area contributed by atoms with Crippen LogP contribution < -0.4 is 5.73 Å². The quantitative estimate of drug-likeness (QED) is 0.0295. The van der Waals surface area contributed by atoms with Gasteiger partial charge in [0, 0.05) is 19.4 Å². The van der Waals surface area contributed by atoms with Crippen LogP contribution in [0.4, 0.5) is 0 Å². The van der Waals surface area contributed by atoms with Crippen LogP contribution in [0.5, 0.6) is 0 Å². The van der Waals surface area contributed by atoms with E-state index < -0.39 is 26.5 Å². The molecule has 10 heteroatoms. The number of unbranched alkanes of at least 4 members (excludes halogenated alkanes) is 21. The van der Waals surface area contributed by atoms with E-state index in [9.17, 15) is 19.0 Å². The average Bonchev–Trinajstić information content (AvgIpc) is 3.02. The summed E-state index contributed by atoms with van der Waals surface area (Å²) in [6.45, 7) is 5.21. The van der Waals surface area contributed by atoms with Gasteiger partial charge in [-0.2, -0.15) is 0 Å². The van der Waals surface area contributed by atoms with Crippen molar-refractivity contribution < 1.29 is 37.6 Å². The van der Waals surface area contributed by atoms with E-state index in [0.29, 0.717) is 6.42 Å². The van der Waals surface area contributed by atoms with Gasteiger partial charge in [0.25, 0.3) is 0 Å². The van der Waals surface area contributed by atoms with Crippen LogP contribution in [0, 0.1) is 0 Å². The summed E-state index contributed by atoms with van der Waals surface area (Å²) < 4.78 is 32.5. The fourth-order valence-electron chi connectivity index (χ4n) is 5.08. The van der Waals surface area contributed by atoms with Crippen LogP contribution in [-0.2, 0) is 32.7 Å². The lowest BCUT2D eigenvalue weighted by atomic mass is 10.0. The first-order valence-corrected chi connectivity index (χ1v) is 19.6. The molecule has 0 aliphatic carbocycles. The predicted molar refractivity (Wildman–Crippen MR) is 183 cm³/mol. The molecule has 266 valence electrons. The largest absolute Gasteiger partial charge is 0.472 e. The second-order valence-electron chi connectivity index (χ2n) is 12.2. The molecule has 2 atom stereocenters. The van der Waals surface area contributed by atoms with Crippen molar-refractivity contribution in [2.24, 2.45) is 5.73 Å². The van der Waals surface area contributed by atoms with Gasteiger partial charge in [0.1, 0.15) is 6.61 Å². The van der Waals surface area contributed by atoms with E-state index in [-0.39, 0.29) is 38.6 Å². The number of phosphoric ester groups is 1. The highest BCUT2D eigenvalue weighted by Gasteiger charge is 2.25. The van der Waals surface area contributed by atoms with E-state index in [1.54, 1.807) is 0 Å². The van der Waals surface area contributed by atoms with E-state index in [4.69, 9.17) is 24.3 Å². The van der Waals surface area contributed by atoms with Gasteiger partial charge in [-0.1, -0.05) is 135 Å². The zero-order valence-electron chi connectivity index (χ0n) is 28.7. The lowest BCUT2D eigenvalue weighted by Gasteiger charge is -2.19. The molecule has 0 bridgehead atoms. The predicted octanol–water partition coefficient (Wildman–Crippen LogP) is 9.49. The Kier molecular flexibility index (Phi) is 31.8. The highest BCUT2D eigenvalue weighted by Crippen LogP contribution is 2.43. The third kappa shape index (κ3) is 32.5. The fraction of sp³-hybridized carbons (Fsp3) is 0.886. The highest BCUT2D eigenvalue weighted by molar-refractivity contribution is 7.47. The van der Waals surface area contributed by atoms with Crippen LogP contribution in [0.25, 0.3) is 0 Å². The lowest BCUT2D eigenvalue weighted by molar-refractivity contribution is -0.161.